The fraction of sp³-hybridized carbons (Fsp3) is 0.571. The summed E-state index contributed by atoms with van der Waals surface area (Å²) in [7, 11) is 0. The second kappa shape index (κ2) is 5.90. The molecule has 0 bridgehead atoms. The molecule has 0 fully saturated rings. The first-order chi connectivity index (χ1) is 7.90. The van der Waals surface area contributed by atoms with E-state index in [0.717, 1.165) is 31.7 Å². The first-order valence-electron chi connectivity index (χ1n) is 6.35. The van der Waals surface area contributed by atoms with Crippen LogP contribution in [-0.4, -0.2) is 13.2 Å². The Kier molecular flexibility index (Phi) is 4.23. The summed E-state index contributed by atoms with van der Waals surface area (Å²) in [5.41, 5.74) is 8.45. The van der Waals surface area contributed by atoms with Gasteiger partial charge in [0.2, 0.25) is 0 Å². The number of ether oxygens (including phenoxy) is 1. The van der Waals surface area contributed by atoms with Gasteiger partial charge < -0.3 is 10.5 Å². The minimum Gasteiger partial charge on any atom is -0.494 e. The highest BCUT2D eigenvalue weighted by molar-refractivity contribution is 5.37. The molecular formula is C14H21NO. The predicted molar refractivity (Wildman–Crippen MR) is 66.9 cm³/mol. The van der Waals surface area contributed by atoms with Crippen LogP contribution in [0.3, 0.4) is 0 Å². The van der Waals surface area contributed by atoms with Gasteiger partial charge >= 0.3 is 0 Å². The zero-order valence-corrected chi connectivity index (χ0v) is 9.87. The predicted octanol–water partition coefficient (Wildman–Crippen LogP) is 2.68. The Morgan fingerprint density at radius 1 is 1.06 bits per heavy atom. The fourth-order valence-electron chi connectivity index (χ4n) is 2.24. The molecule has 0 spiro atoms. The van der Waals surface area contributed by atoms with E-state index in [0.29, 0.717) is 0 Å². The second-order valence-corrected chi connectivity index (χ2v) is 4.48. The van der Waals surface area contributed by atoms with Crippen LogP contribution >= 0.6 is 0 Å². The van der Waals surface area contributed by atoms with Crippen molar-refractivity contribution in [3.8, 4) is 5.75 Å². The second-order valence-electron chi connectivity index (χ2n) is 4.48. The lowest BCUT2D eigenvalue weighted by Crippen LogP contribution is -2.05. The lowest BCUT2D eigenvalue weighted by molar-refractivity contribution is 0.307. The molecule has 0 saturated heterocycles. The Morgan fingerprint density at radius 3 is 2.69 bits per heavy atom. The van der Waals surface area contributed by atoms with Crippen molar-refractivity contribution in [3.63, 3.8) is 0 Å². The van der Waals surface area contributed by atoms with Crippen molar-refractivity contribution in [2.45, 2.75) is 38.5 Å². The molecule has 2 heteroatoms. The summed E-state index contributed by atoms with van der Waals surface area (Å²) < 4.78 is 5.72. The Bertz CT molecular complexity index is 336. The molecule has 0 atom stereocenters. The zero-order valence-electron chi connectivity index (χ0n) is 9.87. The van der Waals surface area contributed by atoms with Crippen LogP contribution in [0.15, 0.2) is 18.2 Å². The molecule has 0 saturated carbocycles. The summed E-state index contributed by atoms with van der Waals surface area (Å²) >= 11 is 0. The van der Waals surface area contributed by atoms with Gasteiger partial charge in [0, 0.05) is 0 Å². The first-order valence-corrected chi connectivity index (χ1v) is 6.35. The number of aryl methyl sites for hydroxylation is 2. The third-order valence-corrected chi connectivity index (χ3v) is 3.19. The average molecular weight is 219 g/mol. The summed E-state index contributed by atoms with van der Waals surface area (Å²) in [6.07, 6.45) is 7.21. The van der Waals surface area contributed by atoms with Gasteiger partial charge in [-0.2, -0.15) is 0 Å². The minimum absolute atomic E-state index is 0.757. The molecular weight excluding hydrogens is 198 g/mol. The third-order valence-electron chi connectivity index (χ3n) is 3.19. The minimum atomic E-state index is 0.757. The lowest BCUT2D eigenvalue weighted by Gasteiger charge is -2.16. The van der Waals surface area contributed by atoms with Crippen LogP contribution in [0.2, 0.25) is 0 Å². The van der Waals surface area contributed by atoms with Gasteiger partial charge in [-0.1, -0.05) is 6.07 Å². The van der Waals surface area contributed by atoms with Gasteiger partial charge in [0.05, 0.1) is 6.61 Å². The van der Waals surface area contributed by atoms with Crippen molar-refractivity contribution in [2.24, 2.45) is 5.73 Å². The Labute approximate surface area is 97.8 Å². The zero-order chi connectivity index (χ0) is 11.2. The van der Waals surface area contributed by atoms with Crippen molar-refractivity contribution in [1.29, 1.82) is 0 Å². The number of unbranched alkanes of at least 4 members (excludes halogenated alkanes) is 1. The molecule has 0 aromatic heterocycles. The van der Waals surface area contributed by atoms with Crippen LogP contribution in [-0.2, 0) is 12.8 Å². The van der Waals surface area contributed by atoms with Crippen molar-refractivity contribution in [3.05, 3.63) is 29.3 Å². The number of hydrogen-bond acceptors (Lipinski definition) is 2. The molecule has 16 heavy (non-hydrogen) atoms. The highest BCUT2D eigenvalue weighted by Gasteiger charge is 2.09. The quantitative estimate of drug-likeness (QED) is 0.773. The number of fused-ring (bicyclic) bond motifs is 1. The fourth-order valence-corrected chi connectivity index (χ4v) is 2.24. The van der Waals surface area contributed by atoms with E-state index in [-0.39, 0.29) is 0 Å². The maximum Gasteiger partial charge on any atom is 0.119 e. The van der Waals surface area contributed by atoms with Gasteiger partial charge in [-0.15, -0.1) is 0 Å². The van der Waals surface area contributed by atoms with Crippen LogP contribution < -0.4 is 10.5 Å². The number of nitrogens with two attached hydrogens (primary N) is 1. The van der Waals surface area contributed by atoms with E-state index < -0.39 is 0 Å². The maximum atomic E-state index is 5.72. The standard InChI is InChI=1S/C14H21NO/c15-9-3-4-10-16-14-8-7-12-5-1-2-6-13(12)11-14/h7-8,11H,1-6,9-10,15H2. The summed E-state index contributed by atoms with van der Waals surface area (Å²) in [5.74, 6) is 1.03. The smallest absolute Gasteiger partial charge is 0.119 e. The number of hydrogen-bond donors (Lipinski definition) is 1. The normalized spacial score (nSPS) is 14.6. The third kappa shape index (κ3) is 2.99. The highest BCUT2D eigenvalue weighted by atomic mass is 16.5. The van der Waals surface area contributed by atoms with Crippen molar-refractivity contribution in [1.82, 2.24) is 0 Å². The maximum absolute atomic E-state index is 5.72. The van der Waals surface area contributed by atoms with Gasteiger partial charge in [0.25, 0.3) is 0 Å². The Balaban J connectivity index is 1.90. The Morgan fingerprint density at radius 2 is 1.88 bits per heavy atom. The molecule has 0 aliphatic heterocycles. The highest BCUT2D eigenvalue weighted by Crippen LogP contribution is 2.25. The molecule has 0 radical (unpaired) electrons. The molecule has 1 aliphatic rings. The van der Waals surface area contributed by atoms with Crippen molar-refractivity contribution >= 4 is 0 Å². The molecule has 0 heterocycles. The van der Waals surface area contributed by atoms with Crippen molar-refractivity contribution < 1.29 is 4.74 Å². The monoisotopic (exact) mass is 219 g/mol. The Hall–Kier alpha value is -1.02. The molecule has 1 aromatic rings. The van der Waals surface area contributed by atoms with E-state index in [1.807, 2.05) is 0 Å². The molecule has 2 nitrogen and oxygen atoms in total. The lowest BCUT2D eigenvalue weighted by atomic mass is 9.92. The van der Waals surface area contributed by atoms with Gasteiger partial charge in [-0.25, -0.2) is 0 Å². The van der Waals surface area contributed by atoms with E-state index >= 15 is 0 Å². The molecule has 0 unspecified atom stereocenters. The summed E-state index contributed by atoms with van der Waals surface area (Å²) in [6.45, 7) is 1.55. The molecule has 0 amide bonds. The van der Waals surface area contributed by atoms with Gasteiger partial charge in [-0.3, -0.25) is 0 Å². The number of rotatable bonds is 5. The van der Waals surface area contributed by atoms with Crippen LogP contribution in [0.1, 0.15) is 36.8 Å². The van der Waals surface area contributed by atoms with Crippen LogP contribution in [0.5, 0.6) is 5.75 Å². The van der Waals surface area contributed by atoms with Crippen LogP contribution in [0, 0.1) is 0 Å². The summed E-state index contributed by atoms with van der Waals surface area (Å²) in [6, 6.07) is 6.55. The molecule has 1 aromatic carbocycles. The van der Waals surface area contributed by atoms with E-state index in [1.165, 1.54) is 36.8 Å². The molecule has 88 valence electrons. The summed E-state index contributed by atoms with van der Waals surface area (Å²) in [4.78, 5) is 0. The van der Waals surface area contributed by atoms with Gasteiger partial charge in [-0.05, 0) is 68.3 Å². The van der Waals surface area contributed by atoms with E-state index in [1.54, 1.807) is 0 Å². The largest absolute Gasteiger partial charge is 0.494 e. The van der Waals surface area contributed by atoms with Crippen molar-refractivity contribution in [2.75, 3.05) is 13.2 Å². The van der Waals surface area contributed by atoms with Gasteiger partial charge in [0.15, 0.2) is 0 Å². The van der Waals surface area contributed by atoms with Crippen LogP contribution in [0.25, 0.3) is 0 Å². The SMILES string of the molecule is NCCCCOc1ccc2c(c1)CCCC2. The van der Waals surface area contributed by atoms with Gasteiger partial charge in [0.1, 0.15) is 5.75 Å². The molecule has 2 N–H and O–H groups in total. The summed E-state index contributed by atoms with van der Waals surface area (Å²) in [5, 5.41) is 0. The van der Waals surface area contributed by atoms with E-state index in [9.17, 15) is 0 Å². The molecule has 2 rings (SSSR count). The first kappa shape index (κ1) is 11.5. The van der Waals surface area contributed by atoms with Crippen LogP contribution in [0.4, 0.5) is 0 Å². The topological polar surface area (TPSA) is 35.2 Å². The number of benzene rings is 1. The van der Waals surface area contributed by atoms with E-state index in [2.05, 4.69) is 18.2 Å². The van der Waals surface area contributed by atoms with E-state index in [4.69, 9.17) is 10.5 Å². The average Bonchev–Trinajstić information content (AvgIpc) is 2.34. The molecule has 1 aliphatic carbocycles.